The van der Waals surface area contributed by atoms with Gasteiger partial charge in [0.25, 0.3) is 0 Å². The number of halogens is 2. The number of amides is 1. The van der Waals surface area contributed by atoms with Crippen molar-refractivity contribution >= 4 is 29.5 Å². The summed E-state index contributed by atoms with van der Waals surface area (Å²) >= 11 is 6.50. The minimum atomic E-state index is -0.502. The maximum absolute atomic E-state index is 14.8. The number of benzene rings is 2. The lowest BCUT2D eigenvalue weighted by atomic mass is 9.92. The first-order chi connectivity index (χ1) is 17.6. The molecule has 0 aliphatic carbocycles. The van der Waals surface area contributed by atoms with E-state index in [1.165, 1.54) is 17.0 Å². The van der Waals surface area contributed by atoms with Crippen LogP contribution in [0.5, 0.6) is 5.75 Å². The number of phenolic OH excluding ortho intramolecular Hbond substituents is 1. The van der Waals surface area contributed by atoms with Gasteiger partial charge in [-0.25, -0.2) is 9.37 Å². The van der Waals surface area contributed by atoms with Gasteiger partial charge in [0.15, 0.2) is 0 Å². The molecule has 4 rings (SSSR count). The van der Waals surface area contributed by atoms with Crippen LogP contribution in [0.4, 0.5) is 15.9 Å². The summed E-state index contributed by atoms with van der Waals surface area (Å²) in [7, 11) is 3.67. The van der Waals surface area contributed by atoms with Crippen LogP contribution >= 0.6 is 11.6 Å². The fourth-order valence-electron chi connectivity index (χ4n) is 4.52. The molecule has 0 spiro atoms. The van der Waals surface area contributed by atoms with Crippen LogP contribution in [-0.2, 0) is 4.79 Å². The van der Waals surface area contributed by atoms with E-state index in [9.17, 15) is 14.3 Å². The number of carbonyl (C=O) groups is 1. The molecule has 1 amide bonds. The molecule has 7 nitrogen and oxygen atoms in total. The van der Waals surface area contributed by atoms with E-state index in [-0.39, 0.29) is 21.9 Å². The normalized spacial score (nSPS) is 17.7. The number of hydrogen-bond donors (Lipinski definition) is 2. The number of nitrogens with two attached hydrogens (primary N) is 1. The highest BCUT2D eigenvalue weighted by molar-refractivity contribution is 6.34. The third-order valence-corrected chi connectivity index (χ3v) is 6.66. The third-order valence-electron chi connectivity index (χ3n) is 6.36. The van der Waals surface area contributed by atoms with Gasteiger partial charge >= 0.3 is 0 Å². The SMILES string of the molecule is CN(C)/C=C\N(C=O)c1ccc(-c2cc(F)cc(-c3ccnc(N4CCCC(C)(N)C4)c3)c2O)cc1Cl. The molecule has 1 aromatic heterocycles. The Labute approximate surface area is 221 Å². The molecule has 9 heteroatoms. The Morgan fingerprint density at radius 3 is 2.46 bits per heavy atom. The van der Waals surface area contributed by atoms with E-state index in [4.69, 9.17) is 17.3 Å². The number of nitrogens with zero attached hydrogens (tertiary/aromatic N) is 4. The van der Waals surface area contributed by atoms with E-state index in [1.807, 2.05) is 27.1 Å². The average Bonchev–Trinajstić information content (AvgIpc) is 2.85. The van der Waals surface area contributed by atoms with Gasteiger partial charge in [-0.1, -0.05) is 17.7 Å². The van der Waals surface area contributed by atoms with Crippen molar-refractivity contribution < 1.29 is 14.3 Å². The van der Waals surface area contributed by atoms with Crippen LogP contribution in [0.25, 0.3) is 22.3 Å². The van der Waals surface area contributed by atoms with E-state index in [0.29, 0.717) is 35.3 Å². The van der Waals surface area contributed by atoms with Crippen LogP contribution in [0.3, 0.4) is 0 Å². The Balaban J connectivity index is 1.70. The van der Waals surface area contributed by atoms with Crippen molar-refractivity contribution in [2.24, 2.45) is 5.73 Å². The van der Waals surface area contributed by atoms with Crippen molar-refractivity contribution in [2.45, 2.75) is 25.3 Å². The smallest absolute Gasteiger partial charge is 0.218 e. The maximum atomic E-state index is 14.8. The summed E-state index contributed by atoms with van der Waals surface area (Å²) < 4.78 is 14.8. The fraction of sp³-hybridized carbons (Fsp3) is 0.286. The second kappa shape index (κ2) is 10.8. The van der Waals surface area contributed by atoms with Gasteiger partial charge in [-0.2, -0.15) is 0 Å². The number of hydrogen-bond acceptors (Lipinski definition) is 6. The monoisotopic (exact) mass is 523 g/mol. The minimum absolute atomic E-state index is 0.0792. The predicted molar refractivity (Wildman–Crippen MR) is 147 cm³/mol. The van der Waals surface area contributed by atoms with Crippen molar-refractivity contribution in [3.05, 3.63) is 71.9 Å². The van der Waals surface area contributed by atoms with E-state index in [1.54, 1.807) is 47.8 Å². The van der Waals surface area contributed by atoms with Gasteiger partial charge < -0.3 is 20.6 Å². The van der Waals surface area contributed by atoms with Gasteiger partial charge in [0, 0.05) is 62.4 Å². The van der Waals surface area contributed by atoms with E-state index >= 15 is 0 Å². The van der Waals surface area contributed by atoms with Crippen molar-refractivity contribution in [1.82, 2.24) is 9.88 Å². The Morgan fingerprint density at radius 1 is 1.14 bits per heavy atom. The molecule has 1 saturated heterocycles. The Bertz CT molecular complexity index is 1330. The average molecular weight is 524 g/mol. The van der Waals surface area contributed by atoms with Gasteiger partial charge in [-0.3, -0.25) is 9.69 Å². The molecule has 1 aliphatic heterocycles. The molecule has 3 N–H and O–H groups in total. The zero-order valence-electron chi connectivity index (χ0n) is 21.2. The first-order valence-corrected chi connectivity index (χ1v) is 12.4. The number of phenols is 1. The summed E-state index contributed by atoms with van der Waals surface area (Å²) in [6, 6.07) is 11.1. The minimum Gasteiger partial charge on any atom is -0.507 e. The molecule has 1 aliphatic rings. The molecule has 2 heterocycles. The van der Waals surface area contributed by atoms with Gasteiger partial charge in [0.2, 0.25) is 6.41 Å². The number of piperidine rings is 1. The van der Waals surface area contributed by atoms with Crippen LogP contribution in [0.2, 0.25) is 5.02 Å². The van der Waals surface area contributed by atoms with Gasteiger partial charge in [-0.15, -0.1) is 0 Å². The zero-order valence-corrected chi connectivity index (χ0v) is 21.9. The lowest BCUT2D eigenvalue weighted by Gasteiger charge is -2.38. The molecule has 2 aromatic carbocycles. The van der Waals surface area contributed by atoms with E-state index in [0.717, 1.165) is 25.2 Å². The largest absolute Gasteiger partial charge is 0.507 e. The predicted octanol–water partition coefficient (Wildman–Crippen LogP) is 5.23. The molecule has 0 saturated carbocycles. The highest BCUT2D eigenvalue weighted by Crippen LogP contribution is 2.41. The summed E-state index contributed by atoms with van der Waals surface area (Å²) in [6.45, 7) is 3.52. The molecular weight excluding hydrogens is 493 g/mol. The topological polar surface area (TPSA) is 85.9 Å². The van der Waals surface area contributed by atoms with E-state index in [2.05, 4.69) is 9.88 Å². The van der Waals surface area contributed by atoms with Crippen molar-refractivity contribution in [3.63, 3.8) is 0 Å². The molecule has 1 atom stereocenters. The number of pyridine rings is 1. The van der Waals surface area contributed by atoms with Crippen LogP contribution in [0.15, 0.2) is 61.1 Å². The molecule has 1 unspecified atom stereocenters. The number of aromatic nitrogens is 1. The number of anilines is 2. The molecule has 37 heavy (non-hydrogen) atoms. The van der Waals surface area contributed by atoms with Gasteiger partial charge in [0.05, 0.1) is 10.7 Å². The highest BCUT2D eigenvalue weighted by Gasteiger charge is 2.28. The summed E-state index contributed by atoms with van der Waals surface area (Å²) in [6.07, 6.45) is 7.49. The fourth-order valence-corrected chi connectivity index (χ4v) is 4.80. The molecule has 3 aromatic rings. The first kappa shape index (κ1) is 26.4. The quantitative estimate of drug-likeness (QED) is 0.413. The first-order valence-electron chi connectivity index (χ1n) is 12.0. The van der Waals surface area contributed by atoms with Crippen LogP contribution in [-0.4, -0.2) is 54.1 Å². The Kier molecular flexibility index (Phi) is 7.71. The van der Waals surface area contributed by atoms with Crippen LogP contribution < -0.4 is 15.5 Å². The van der Waals surface area contributed by atoms with Crippen molar-refractivity contribution in [2.75, 3.05) is 37.0 Å². The summed E-state index contributed by atoms with van der Waals surface area (Å²) in [4.78, 5) is 21.3. The second-order valence-electron chi connectivity index (χ2n) is 9.87. The van der Waals surface area contributed by atoms with Gasteiger partial charge in [-0.05, 0) is 67.3 Å². The lowest BCUT2D eigenvalue weighted by molar-refractivity contribution is -0.106. The second-order valence-corrected chi connectivity index (χ2v) is 10.3. The number of rotatable bonds is 7. The van der Waals surface area contributed by atoms with Crippen molar-refractivity contribution in [1.29, 1.82) is 0 Å². The number of carbonyl (C=O) groups excluding carboxylic acids is 1. The highest BCUT2D eigenvalue weighted by atomic mass is 35.5. The summed E-state index contributed by atoms with van der Waals surface area (Å²) in [5.74, 6) is 0.146. The van der Waals surface area contributed by atoms with Gasteiger partial charge in [0.1, 0.15) is 17.4 Å². The molecule has 0 bridgehead atoms. The Hall–Kier alpha value is -3.62. The standard InChI is InChI=1S/C28H31ClFN5O2/c1-28(31)8-4-10-34(17-28)26-14-20(7-9-32-26)23-16-21(30)15-22(27(23)37)19-5-6-25(24(29)13-19)35(18-36)12-11-33(2)3/h5-7,9,11-16,18,37H,4,8,10,17,31H2,1-3H3/b12-11-. The maximum Gasteiger partial charge on any atom is 0.218 e. The molecule has 0 radical (unpaired) electrons. The number of aromatic hydroxyl groups is 1. The third kappa shape index (κ3) is 6.03. The zero-order chi connectivity index (χ0) is 26.7. The van der Waals surface area contributed by atoms with Crippen LogP contribution in [0.1, 0.15) is 19.8 Å². The van der Waals surface area contributed by atoms with Crippen molar-refractivity contribution in [3.8, 4) is 28.0 Å². The molecule has 194 valence electrons. The molecular formula is C28H31ClFN5O2. The summed E-state index contributed by atoms with van der Waals surface area (Å²) in [5, 5.41) is 11.5. The summed E-state index contributed by atoms with van der Waals surface area (Å²) in [5.41, 5.74) is 8.30. The van der Waals surface area contributed by atoms with Crippen LogP contribution in [0, 0.1) is 5.82 Å². The molecule has 1 fully saturated rings. The Morgan fingerprint density at radius 2 is 1.84 bits per heavy atom. The lowest BCUT2D eigenvalue weighted by Crippen LogP contribution is -2.52. The van der Waals surface area contributed by atoms with E-state index < -0.39 is 5.82 Å².